The van der Waals surface area contributed by atoms with Gasteiger partial charge in [0.2, 0.25) is 0 Å². The number of nitrogens with zero attached hydrogens (tertiary/aromatic N) is 1. The molecule has 0 radical (unpaired) electrons. The first-order valence-corrected chi connectivity index (χ1v) is 6.80. The molecule has 4 heteroatoms. The van der Waals surface area contributed by atoms with Gasteiger partial charge in [-0.05, 0) is 37.8 Å². The van der Waals surface area contributed by atoms with Crippen LogP contribution < -0.4 is 4.90 Å². The van der Waals surface area contributed by atoms with Crippen LogP contribution in [-0.2, 0) is 0 Å². The molecule has 3 rings (SSSR count). The van der Waals surface area contributed by atoms with Crippen molar-refractivity contribution in [1.82, 2.24) is 0 Å². The topological polar surface area (TPSA) is 40.5 Å². The van der Waals surface area contributed by atoms with E-state index >= 15 is 0 Å². The molecule has 1 saturated heterocycles. The zero-order valence-corrected chi connectivity index (χ0v) is 11.0. The maximum Gasteiger partial charge on any atom is 0.161 e. The Kier molecular flexibility index (Phi) is 3.05. The molecule has 1 aromatic rings. The van der Waals surface area contributed by atoms with Gasteiger partial charge in [0, 0.05) is 24.6 Å². The largest absolute Gasteiger partial charge is 0.393 e. The molecule has 102 valence electrons. The normalized spacial score (nSPS) is 29.6. The van der Waals surface area contributed by atoms with Gasteiger partial charge in [0.05, 0.1) is 11.8 Å². The predicted molar refractivity (Wildman–Crippen MR) is 70.8 cm³/mol. The molecule has 1 N–H and O–H groups in total. The molecule has 2 aliphatic rings. The Morgan fingerprint density at radius 2 is 2.16 bits per heavy atom. The van der Waals surface area contributed by atoms with Crippen LogP contribution in [0, 0.1) is 17.7 Å². The van der Waals surface area contributed by atoms with E-state index in [1.807, 2.05) is 4.90 Å². The molecular formula is C15H18FNO2. The van der Waals surface area contributed by atoms with Gasteiger partial charge in [0.25, 0.3) is 0 Å². The van der Waals surface area contributed by atoms with E-state index in [1.54, 1.807) is 12.1 Å². The monoisotopic (exact) mass is 263 g/mol. The van der Waals surface area contributed by atoms with Gasteiger partial charge in [-0.1, -0.05) is 6.07 Å². The molecule has 3 atom stereocenters. The zero-order valence-electron chi connectivity index (χ0n) is 11.0. The van der Waals surface area contributed by atoms with Crippen LogP contribution in [0.3, 0.4) is 0 Å². The third-order valence-corrected chi connectivity index (χ3v) is 4.50. The lowest BCUT2D eigenvalue weighted by Gasteiger charge is -2.23. The van der Waals surface area contributed by atoms with Crippen LogP contribution in [0.1, 0.15) is 30.1 Å². The average Bonchev–Trinajstić information content (AvgIpc) is 2.91. The number of Topliss-reactive ketones (excluding diaryl/α,β-unsaturated/α-hetero) is 1. The predicted octanol–water partition coefficient (Wildman–Crippen LogP) is 2.24. The number of para-hydroxylation sites is 1. The fourth-order valence-electron chi connectivity index (χ4n) is 3.54. The summed E-state index contributed by atoms with van der Waals surface area (Å²) in [6.45, 7) is 2.85. The van der Waals surface area contributed by atoms with Gasteiger partial charge in [0.15, 0.2) is 5.78 Å². The lowest BCUT2D eigenvalue weighted by Crippen LogP contribution is -2.26. The van der Waals surface area contributed by atoms with Crippen LogP contribution in [0.25, 0.3) is 0 Å². The number of carbonyl (C=O) groups excluding carboxylic acids is 1. The molecule has 3 unspecified atom stereocenters. The molecule has 1 aliphatic heterocycles. The number of rotatable bonds is 2. The van der Waals surface area contributed by atoms with Crippen molar-refractivity contribution in [3.63, 3.8) is 0 Å². The van der Waals surface area contributed by atoms with Gasteiger partial charge in [-0.2, -0.15) is 0 Å². The highest BCUT2D eigenvalue weighted by Gasteiger charge is 2.42. The Balaban J connectivity index is 1.94. The SMILES string of the molecule is CC(=O)c1cccc(F)c1N1CC2CCC(O)C2C1. The molecular weight excluding hydrogens is 245 g/mol. The Bertz CT molecular complexity index is 517. The lowest BCUT2D eigenvalue weighted by molar-refractivity contribution is 0.101. The number of anilines is 1. The molecule has 0 spiro atoms. The van der Waals surface area contributed by atoms with Gasteiger partial charge in [-0.3, -0.25) is 4.79 Å². The van der Waals surface area contributed by atoms with Crippen LogP contribution in [0.5, 0.6) is 0 Å². The van der Waals surface area contributed by atoms with Crippen LogP contribution >= 0.6 is 0 Å². The van der Waals surface area contributed by atoms with Crippen LogP contribution in [0.2, 0.25) is 0 Å². The maximum atomic E-state index is 14.1. The number of benzene rings is 1. The summed E-state index contributed by atoms with van der Waals surface area (Å²) in [5.41, 5.74) is 0.853. The number of hydrogen-bond donors (Lipinski definition) is 1. The summed E-state index contributed by atoms with van der Waals surface area (Å²) in [5, 5.41) is 9.92. The van der Waals surface area contributed by atoms with Crippen molar-refractivity contribution in [3.8, 4) is 0 Å². The van der Waals surface area contributed by atoms with E-state index in [0.29, 0.717) is 23.7 Å². The van der Waals surface area contributed by atoms with Crippen molar-refractivity contribution in [1.29, 1.82) is 0 Å². The minimum Gasteiger partial charge on any atom is -0.393 e. The van der Waals surface area contributed by atoms with Gasteiger partial charge >= 0.3 is 0 Å². The maximum absolute atomic E-state index is 14.1. The Labute approximate surface area is 112 Å². The molecule has 0 aromatic heterocycles. The van der Waals surface area contributed by atoms with Crippen molar-refractivity contribution < 1.29 is 14.3 Å². The molecule has 0 amide bonds. The Hall–Kier alpha value is -1.42. The molecule has 1 aliphatic carbocycles. The molecule has 3 nitrogen and oxygen atoms in total. The lowest BCUT2D eigenvalue weighted by atomic mass is 10.00. The minimum atomic E-state index is -0.345. The standard InChI is InChI=1S/C15H18FNO2/c1-9(18)11-3-2-4-13(16)15(11)17-7-10-5-6-14(19)12(10)8-17/h2-4,10,12,14,19H,5-8H2,1H3. The molecule has 1 saturated carbocycles. The van der Waals surface area contributed by atoms with E-state index < -0.39 is 0 Å². The number of aliphatic hydroxyl groups excluding tert-OH is 1. The molecule has 1 aromatic carbocycles. The zero-order chi connectivity index (χ0) is 13.6. The third-order valence-electron chi connectivity index (χ3n) is 4.50. The quantitative estimate of drug-likeness (QED) is 0.832. The summed E-state index contributed by atoms with van der Waals surface area (Å²) >= 11 is 0. The summed E-state index contributed by atoms with van der Waals surface area (Å²) in [6.07, 6.45) is 1.56. The first-order chi connectivity index (χ1) is 9.08. The first kappa shape index (κ1) is 12.6. The van der Waals surface area contributed by atoms with Crippen LogP contribution in [-0.4, -0.2) is 30.1 Å². The van der Waals surface area contributed by atoms with Crippen molar-refractivity contribution in [2.45, 2.75) is 25.9 Å². The minimum absolute atomic E-state index is 0.118. The highest BCUT2D eigenvalue weighted by molar-refractivity contribution is 5.99. The second kappa shape index (κ2) is 4.60. The van der Waals surface area contributed by atoms with Crippen LogP contribution in [0.15, 0.2) is 18.2 Å². The highest BCUT2D eigenvalue weighted by Crippen LogP contribution is 2.41. The number of halogens is 1. The van der Waals surface area contributed by atoms with Gasteiger partial charge in [-0.25, -0.2) is 4.39 Å². The Morgan fingerprint density at radius 1 is 1.37 bits per heavy atom. The van der Waals surface area contributed by atoms with Crippen LogP contribution in [0.4, 0.5) is 10.1 Å². The average molecular weight is 263 g/mol. The fraction of sp³-hybridized carbons (Fsp3) is 0.533. The van der Waals surface area contributed by atoms with E-state index in [2.05, 4.69) is 0 Å². The summed E-state index contributed by atoms with van der Waals surface area (Å²) in [5.74, 6) is 0.183. The highest BCUT2D eigenvalue weighted by atomic mass is 19.1. The third kappa shape index (κ3) is 2.04. The smallest absolute Gasteiger partial charge is 0.161 e. The van der Waals surface area contributed by atoms with E-state index in [9.17, 15) is 14.3 Å². The summed E-state index contributed by atoms with van der Waals surface area (Å²) < 4.78 is 14.1. The van der Waals surface area contributed by atoms with Gasteiger partial charge in [0.1, 0.15) is 5.82 Å². The molecule has 2 fully saturated rings. The summed E-state index contributed by atoms with van der Waals surface area (Å²) in [7, 11) is 0. The number of carbonyl (C=O) groups is 1. The number of ketones is 1. The molecule has 1 heterocycles. The fourth-order valence-corrected chi connectivity index (χ4v) is 3.54. The second-order valence-electron chi connectivity index (χ2n) is 5.67. The summed E-state index contributed by atoms with van der Waals surface area (Å²) in [4.78, 5) is 13.6. The number of aliphatic hydroxyl groups is 1. The van der Waals surface area contributed by atoms with E-state index in [1.165, 1.54) is 13.0 Å². The summed E-state index contributed by atoms with van der Waals surface area (Å²) in [6, 6.07) is 4.64. The molecule has 19 heavy (non-hydrogen) atoms. The first-order valence-electron chi connectivity index (χ1n) is 6.80. The van der Waals surface area contributed by atoms with Gasteiger partial charge < -0.3 is 10.0 Å². The van der Waals surface area contributed by atoms with E-state index in [4.69, 9.17) is 0 Å². The van der Waals surface area contributed by atoms with Crippen molar-refractivity contribution in [3.05, 3.63) is 29.6 Å². The van der Waals surface area contributed by atoms with Crippen molar-refractivity contribution >= 4 is 11.5 Å². The molecule has 0 bridgehead atoms. The van der Waals surface area contributed by atoms with Crippen molar-refractivity contribution in [2.75, 3.05) is 18.0 Å². The van der Waals surface area contributed by atoms with E-state index in [-0.39, 0.29) is 23.6 Å². The second-order valence-corrected chi connectivity index (χ2v) is 5.67. The van der Waals surface area contributed by atoms with Crippen molar-refractivity contribution in [2.24, 2.45) is 11.8 Å². The number of fused-ring (bicyclic) bond motifs is 1. The number of hydrogen-bond acceptors (Lipinski definition) is 3. The van der Waals surface area contributed by atoms with Gasteiger partial charge in [-0.15, -0.1) is 0 Å². The Morgan fingerprint density at radius 3 is 2.84 bits per heavy atom. The van der Waals surface area contributed by atoms with E-state index in [0.717, 1.165) is 19.4 Å².